The number of aromatic nitrogens is 2. The van der Waals surface area contributed by atoms with Gasteiger partial charge in [-0.15, -0.1) is 0 Å². The molecule has 0 saturated carbocycles. The van der Waals surface area contributed by atoms with Crippen LogP contribution in [0.1, 0.15) is 0 Å². The van der Waals surface area contributed by atoms with Gasteiger partial charge in [0.2, 0.25) is 5.91 Å². The van der Waals surface area contributed by atoms with Crippen molar-refractivity contribution in [2.75, 3.05) is 20.3 Å². The molecule has 162 valence electrons. The summed E-state index contributed by atoms with van der Waals surface area (Å²) < 4.78 is 12.3. The number of para-hydroxylation sites is 3. The molecule has 4 rings (SSSR count). The Morgan fingerprint density at radius 2 is 1.62 bits per heavy atom. The van der Waals surface area contributed by atoms with Crippen LogP contribution in [0.2, 0.25) is 0 Å². The summed E-state index contributed by atoms with van der Waals surface area (Å²) in [6.07, 6.45) is 0. The van der Waals surface area contributed by atoms with Gasteiger partial charge in [0, 0.05) is 10.9 Å². The lowest BCUT2D eigenvalue weighted by atomic mass is 10.1. The lowest BCUT2D eigenvalue weighted by molar-refractivity contribution is -0.121. The Hall–Kier alpha value is -4.13. The fourth-order valence-electron chi connectivity index (χ4n) is 3.49. The molecule has 1 amide bonds. The Kier molecular flexibility index (Phi) is 6.46. The highest BCUT2D eigenvalue weighted by Gasteiger charge is 2.14. The lowest BCUT2D eigenvalue weighted by Gasteiger charge is -2.13. The van der Waals surface area contributed by atoms with E-state index in [1.165, 1.54) is 4.57 Å². The van der Waals surface area contributed by atoms with Gasteiger partial charge in [-0.1, -0.05) is 60.7 Å². The minimum Gasteiger partial charge on any atom is -0.493 e. The molecular weight excluding hydrogens is 406 g/mol. The van der Waals surface area contributed by atoms with Crippen molar-refractivity contribution in [2.45, 2.75) is 6.54 Å². The van der Waals surface area contributed by atoms with Crippen LogP contribution in [-0.2, 0) is 11.3 Å². The van der Waals surface area contributed by atoms with Gasteiger partial charge >= 0.3 is 5.69 Å². The van der Waals surface area contributed by atoms with Crippen molar-refractivity contribution < 1.29 is 14.3 Å². The molecule has 0 radical (unpaired) electrons. The molecule has 32 heavy (non-hydrogen) atoms. The Morgan fingerprint density at radius 3 is 2.41 bits per heavy atom. The third-order valence-electron chi connectivity index (χ3n) is 4.99. The Bertz CT molecular complexity index is 1290. The van der Waals surface area contributed by atoms with Crippen molar-refractivity contribution in [3.05, 3.63) is 89.3 Å². The number of amides is 1. The van der Waals surface area contributed by atoms with Crippen molar-refractivity contribution in [3.8, 4) is 22.8 Å². The second-order valence-electron chi connectivity index (χ2n) is 7.06. The van der Waals surface area contributed by atoms with Crippen LogP contribution >= 0.6 is 0 Å². The molecule has 3 aromatic carbocycles. The number of nitrogens with one attached hydrogen (secondary N) is 1. The number of carbonyl (C=O) groups excluding carboxylic acids is 1. The van der Waals surface area contributed by atoms with Crippen LogP contribution in [0.25, 0.3) is 22.2 Å². The molecule has 4 aromatic rings. The zero-order valence-electron chi connectivity index (χ0n) is 17.7. The summed E-state index contributed by atoms with van der Waals surface area (Å²) >= 11 is 0. The maximum Gasteiger partial charge on any atom is 0.349 e. The molecule has 0 spiro atoms. The third kappa shape index (κ3) is 4.62. The fourth-order valence-corrected chi connectivity index (χ4v) is 3.49. The van der Waals surface area contributed by atoms with Crippen LogP contribution < -0.4 is 20.5 Å². The summed E-state index contributed by atoms with van der Waals surface area (Å²) in [5, 5.41) is 3.60. The first kappa shape index (κ1) is 21.1. The summed E-state index contributed by atoms with van der Waals surface area (Å²) in [5.41, 5.74) is 1.65. The lowest BCUT2D eigenvalue weighted by Crippen LogP contribution is -2.35. The molecule has 0 saturated heterocycles. The van der Waals surface area contributed by atoms with Crippen molar-refractivity contribution in [1.82, 2.24) is 14.9 Å². The van der Waals surface area contributed by atoms with Crippen LogP contribution in [0.5, 0.6) is 11.5 Å². The molecule has 7 heteroatoms. The number of nitrogens with zero attached hydrogens (tertiary/aromatic N) is 2. The van der Waals surface area contributed by atoms with Gasteiger partial charge in [0.25, 0.3) is 0 Å². The van der Waals surface area contributed by atoms with Crippen molar-refractivity contribution in [2.24, 2.45) is 0 Å². The van der Waals surface area contributed by atoms with E-state index in [-0.39, 0.29) is 19.1 Å². The first-order chi connectivity index (χ1) is 15.7. The highest BCUT2D eigenvalue weighted by molar-refractivity contribution is 5.93. The van der Waals surface area contributed by atoms with Gasteiger partial charge in [0.1, 0.15) is 13.2 Å². The van der Waals surface area contributed by atoms with E-state index in [1.807, 2.05) is 66.7 Å². The average molecular weight is 429 g/mol. The van der Waals surface area contributed by atoms with Gasteiger partial charge in [-0.3, -0.25) is 9.36 Å². The standard InChI is InChI=1S/C25H23N3O4/c1-31-21-13-7-8-14-22(21)32-16-15-26-23(29)17-28-20-12-6-5-11-19(20)24(27-25(28)30)18-9-3-2-4-10-18/h2-14H,15-17H2,1H3,(H,26,29). The molecular formula is C25H23N3O4. The minimum absolute atomic E-state index is 0.129. The Labute approximate surface area is 185 Å². The van der Waals surface area contributed by atoms with E-state index < -0.39 is 5.69 Å². The van der Waals surface area contributed by atoms with Crippen LogP contribution in [0.15, 0.2) is 83.7 Å². The van der Waals surface area contributed by atoms with E-state index in [9.17, 15) is 9.59 Å². The molecule has 0 aliphatic rings. The molecule has 1 heterocycles. The molecule has 0 aliphatic heterocycles. The number of benzene rings is 3. The van der Waals surface area contributed by atoms with Gasteiger partial charge in [-0.25, -0.2) is 4.79 Å². The molecule has 0 unspecified atom stereocenters. The number of carbonyl (C=O) groups is 1. The summed E-state index contributed by atoms with van der Waals surface area (Å²) in [6, 6.07) is 24.3. The highest BCUT2D eigenvalue weighted by Crippen LogP contribution is 2.26. The van der Waals surface area contributed by atoms with Crippen LogP contribution in [0.4, 0.5) is 0 Å². The third-order valence-corrected chi connectivity index (χ3v) is 4.99. The zero-order chi connectivity index (χ0) is 22.3. The van der Waals surface area contributed by atoms with E-state index in [0.29, 0.717) is 29.3 Å². The van der Waals surface area contributed by atoms with Crippen LogP contribution in [0, 0.1) is 0 Å². The largest absolute Gasteiger partial charge is 0.493 e. The SMILES string of the molecule is COc1ccccc1OCCNC(=O)Cn1c(=O)nc(-c2ccccc2)c2ccccc21. The van der Waals surface area contributed by atoms with E-state index in [2.05, 4.69) is 10.3 Å². The molecule has 1 N–H and O–H groups in total. The Balaban J connectivity index is 1.47. The second kappa shape index (κ2) is 9.78. The number of methoxy groups -OCH3 is 1. The molecule has 1 aromatic heterocycles. The molecule has 0 fully saturated rings. The van der Waals surface area contributed by atoms with Gasteiger partial charge < -0.3 is 14.8 Å². The highest BCUT2D eigenvalue weighted by atomic mass is 16.5. The van der Waals surface area contributed by atoms with Crippen LogP contribution in [-0.4, -0.2) is 35.7 Å². The van der Waals surface area contributed by atoms with Crippen molar-refractivity contribution in [1.29, 1.82) is 0 Å². The molecule has 0 aliphatic carbocycles. The van der Waals surface area contributed by atoms with Crippen LogP contribution in [0.3, 0.4) is 0 Å². The zero-order valence-corrected chi connectivity index (χ0v) is 17.7. The second-order valence-corrected chi connectivity index (χ2v) is 7.06. The monoisotopic (exact) mass is 429 g/mol. The predicted molar refractivity (Wildman–Crippen MR) is 123 cm³/mol. The van der Waals surface area contributed by atoms with Gasteiger partial charge in [0.05, 0.1) is 24.9 Å². The van der Waals surface area contributed by atoms with Gasteiger partial charge in [0.15, 0.2) is 11.5 Å². The number of ether oxygens (including phenoxy) is 2. The maximum atomic E-state index is 12.8. The minimum atomic E-state index is -0.469. The first-order valence-electron chi connectivity index (χ1n) is 10.2. The fraction of sp³-hybridized carbons (Fsp3) is 0.160. The number of rotatable bonds is 8. The summed E-state index contributed by atoms with van der Waals surface area (Å²) in [4.78, 5) is 29.6. The average Bonchev–Trinajstić information content (AvgIpc) is 2.84. The summed E-state index contributed by atoms with van der Waals surface area (Å²) in [7, 11) is 1.57. The normalized spacial score (nSPS) is 10.7. The smallest absolute Gasteiger partial charge is 0.349 e. The van der Waals surface area contributed by atoms with Crippen molar-refractivity contribution >= 4 is 16.8 Å². The van der Waals surface area contributed by atoms with E-state index in [4.69, 9.17) is 9.47 Å². The topological polar surface area (TPSA) is 82.5 Å². The maximum absolute atomic E-state index is 12.8. The van der Waals surface area contributed by atoms with Gasteiger partial charge in [-0.05, 0) is 18.2 Å². The number of hydrogen-bond donors (Lipinski definition) is 1. The van der Waals surface area contributed by atoms with Crippen molar-refractivity contribution in [3.63, 3.8) is 0 Å². The van der Waals surface area contributed by atoms with E-state index in [1.54, 1.807) is 19.2 Å². The predicted octanol–water partition coefficient (Wildman–Crippen LogP) is 3.27. The number of fused-ring (bicyclic) bond motifs is 1. The van der Waals surface area contributed by atoms with E-state index in [0.717, 1.165) is 10.9 Å². The first-order valence-corrected chi connectivity index (χ1v) is 10.2. The Morgan fingerprint density at radius 1 is 0.938 bits per heavy atom. The van der Waals surface area contributed by atoms with Gasteiger partial charge in [-0.2, -0.15) is 4.98 Å². The molecule has 0 bridgehead atoms. The summed E-state index contributed by atoms with van der Waals surface area (Å²) in [5.74, 6) is 0.934. The quantitative estimate of drug-likeness (QED) is 0.435. The van der Waals surface area contributed by atoms with E-state index >= 15 is 0 Å². The molecule has 7 nitrogen and oxygen atoms in total. The molecule has 0 atom stereocenters. The summed E-state index contributed by atoms with van der Waals surface area (Å²) in [6.45, 7) is 0.433. The number of hydrogen-bond acceptors (Lipinski definition) is 5.